The monoisotopic (exact) mass is 333 g/mol. The number of carbonyl (C=O) groups is 1. The minimum absolute atomic E-state index is 0.205. The van der Waals surface area contributed by atoms with Crippen LogP contribution in [-0.4, -0.2) is 11.7 Å². The zero-order valence-corrected chi connectivity index (χ0v) is 14.5. The van der Waals surface area contributed by atoms with Gasteiger partial charge in [-0.3, -0.25) is 0 Å². The van der Waals surface area contributed by atoms with Crippen molar-refractivity contribution >= 4 is 23.1 Å². The Bertz CT molecular complexity index is 807. The van der Waals surface area contributed by atoms with Crippen LogP contribution in [0.1, 0.15) is 43.2 Å². The van der Waals surface area contributed by atoms with Crippen molar-refractivity contribution in [2.24, 2.45) is 11.0 Å². The van der Waals surface area contributed by atoms with Crippen molar-refractivity contribution in [2.45, 2.75) is 39.0 Å². The maximum atomic E-state index is 12.8. The molecular formula is C21H23N3O. The Kier molecular flexibility index (Phi) is 4.26. The predicted molar refractivity (Wildman–Crippen MR) is 102 cm³/mol. The molecule has 2 aromatic rings. The van der Waals surface area contributed by atoms with E-state index in [0.29, 0.717) is 5.92 Å². The van der Waals surface area contributed by atoms with Gasteiger partial charge in [-0.25, -0.2) is 4.79 Å². The van der Waals surface area contributed by atoms with Crippen molar-refractivity contribution in [3.8, 4) is 0 Å². The van der Waals surface area contributed by atoms with Gasteiger partial charge in [-0.15, -0.1) is 0 Å². The van der Waals surface area contributed by atoms with Gasteiger partial charge in [0.25, 0.3) is 0 Å². The molecule has 4 heteroatoms. The van der Waals surface area contributed by atoms with Crippen molar-refractivity contribution in [1.82, 2.24) is 0 Å². The number of para-hydroxylation sites is 1. The van der Waals surface area contributed by atoms with Crippen LogP contribution in [0.25, 0.3) is 0 Å². The number of amides is 2. The Hall–Kier alpha value is -2.62. The lowest BCUT2D eigenvalue weighted by Gasteiger charge is -2.24. The fourth-order valence-electron chi connectivity index (χ4n) is 3.78. The smallest absolute Gasteiger partial charge is 0.305 e. The van der Waals surface area contributed by atoms with Gasteiger partial charge in [0.2, 0.25) is 0 Å². The van der Waals surface area contributed by atoms with Crippen molar-refractivity contribution in [3.05, 3.63) is 59.7 Å². The van der Waals surface area contributed by atoms with Gasteiger partial charge >= 0.3 is 6.03 Å². The molecule has 0 unspecified atom stereocenters. The summed E-state index contributed by atoms with van der Waals surface area (Å²) in [6.45, 7) is 2.05. The second-order valence-corrected chi connectivity index (χ2v) is 6.95. The average Bonchev–Trinajstić information content (AvgIpc) is 2.79. The summed E-state index contributed by atoms with van der Waals surface area (Å²) in [5.74, 6) is 0.411. The Morgan fingerprint density at radius 1 is 1.04 bits per heavy atom. The summed E-state index contributed by atoms with van der Waals surface area (Å²) in [4.78, 5) is 12.8. The number of nitrogens with zero attached hydrogens (tertiary/aromatic N) is 2. The van der Waals surface area contributed by atoms with Gasteiger partial charge < -0.3 is 5.32 Å². The van der Waals surface area contributed by atoms with Crippen LogP contribution in [0, 0.1) is 12.8 Å². The van der Waals surface area contributed by atoms with Crippen LogP contribution in [0.2, 0.25) is 0 Å². The van der Waals surface area contributed by atoms with Crippen LogP contribution >= 0.6 is 0 Å². The van der Waals surface area contributed by atoms with E-state index in [2.05, 4.69) is 17.4 Å². The Morgan fingerprint density at radius 3 is 2.56 bits per heavy atom. The van der Waals surface area contributed by atoms with Crippen molar-refractivity contribution < 1.29 is 4.79 Å². The number of hydrazone groups is 1. The van der Waals surface area contributed by atoms with Gasteiger partial charge in [0.15, 0.2) is 0 Å². The number of hydrogen-bond donors (Lipinski definition) is 1. The van der Waals surface area contributed by atoms with Crippen LogP contribution < -0.4 is 10.3 Å². The molecule has 2 aromatic carbocycles. The summed E-state index contributed by atoms with van der Waals surface area (Å²) in [7, 11) is 0. The second-order valence-electron chi connectivity index (χ2n) is 6.95. The molecule has 1 aliphatic heterocycles. The molecule has 1 heterocycles. The van der Waals surface area contributed by atoms with Crippen LogP contribution in [0.3, 0.4) is 0 Å². The molecule has 2 amide bonds. The molecule has 0 radical (unpaired) electrons. The van der Waals surface area contributed by atoms with Gasteiger partial charge in [0, 0.05) is 11.5 Å². The number of hydrogen-bond acceptors (Lipinski definition) is 2. The third kappa shape index (κ3) is 3.16. The molecular weight excluding hydrogens is 310 g/mol. The van der Waals surface area contributed by atoms with Gasteiger partial charge in [0.05, 0.1) is 17.1 Å². The van der Waals surface area contributed by atoms with Gasteiger partial charge in [0.1, 0.15) is 0 Å². The molecule has 4 rings (SSSR count). The number of aryl methyl sites for hydroxylation is 1. The number of urea groups is 1. The van der Waals surface area contributed by atoms with Gasteiger partial charge in [-0.1, -0.05) is 49.6 Å². The molecule has 0 saturated heterocycles. The van der Waals surface area contributed by atoms with E-state index in [1.807, 2.05) is 43.3 Å². The Labute approximate surface area is 148 Å². The maximum Gasteiger partial charge on any atom is 0.347 e. The predicted octanol–water partition coefficient (Wildman–Crippen LogP) is 5.33. The molecule has 128 valence electrons. The molecule has 1 saturated carbocycles. The topological polar surface area (TPSA) is 44.7 Å². The van der Waals surface area contributed by atoms with Crippen molar-refractivity contribution in [1.29, 1.82) is 0 Å². The molecule has 0 bridgehead atoms. The first-order valence-corrected chi connectivity index (χ1v) is 9.08. The largest absolute Gasteiger partial charge is 0.347 e. The number of fused-ring (bicyclic) bond motifs is 1. The summed E-state index contributed by atoms with van der Waals surface area (Å²) < 4.78 is 0. The van der Waals surface area contributed by atoms with E-state index in [1.165, 1.54) is 24.3 Å². The molecule has 2 aliphatic rings. The molecule has 1 N–H and O–H groups in total. The molecule has 25 heavy (non-hydrogen) atoms. The van der Waals surface area contributed by atoms with E-state index in [1.54, 1.807) is 0 Å². The average molecular weight is 333 g/mol. The normalized spacial score (nSPS) is 18.2. The Morgan fingerprint density at radius 2 is 1.80 bits per heavy atom. The maximum absolute atomic E-state index is 12.8. The number of nitrogens with one attached hydrogen (secondary N) is 1. The first kappa shape index (κ1) is 15.9. The molecule has 0 aromatic heterocycles. The zero-order valence-electron chi connectivity index (χ0n) is 14.5. The quantitative estimate of drug-likeness (QED) is 0.793. The van der Waals surface area contributed by atoms with Crippen LogP contribution in [0.15, 0.2) is 53.6 Å². The summed E-state index contributed by atoms with van der Waals surface area (Å²) >= 11 is 0. The van der Waals surface area contributed by atoms with Gasteiger partial charge in [-0.2, -0.15) is 10.1 Å². The second kappa shape index (κ2) is 6.71. The third-order valence-electron chi connectivity index (χ3n) is 5.09. The van der Waals surface area contributed by atoms with Crippen LogP contribution in [0.4, 0.5) is 16.2 Å². The lowest BCUT2D eigenvalue weighted by molar-refractivity contribution is 0.257. The van der Waals surface area contributed by atoms with Gasteiger partial charge in [-0.05, 0) is 43.5 Å². The summed E-state index contributed by atoms with van der Waals surface area (Å²) in [5.41, 5.74) is 4.89. The molecule has 1 aliphatic carbocycles. The number of benzene rings is 2. The van der Waals surface area contributed by atoms with Crippen LogP contribution in [-0.2, 0) is 0 Å². The van der Waals surface area contributed by atoms with E-state index in [9.17, 15) is 4.79 Å². The SMILES string of the molecule is Cc1ccc2c(c1)NC(=O)N(c1ccccc1)N=C2C1CCCCC1. The first-order chi connectivity index (χ1) is 12.2. The highest BCUT2D eigenvalue weighted by Gasteiger charge is 2.29. The highest BCUT2D eigenvalue weighted by molar-refractivity contribution is 6.15. The lowest BCUT2D eigenvalue weighted by Crippen LogP contribution is -2.30. The van der Waals surface area contributed by atoms with Crippen molar-refractivity contribution in [2.75, 3.05) is 10.3 Å². The van der Waals surface area contributed by atoms with E-state index in [-0.39, 0.29) is 6.03 Å². The van der Waals surface area contributed by atoms with E-state index >= 15 is 0 Å². The van der Waals surface area contributed by atoms with Crippen molar-refractivity contribution in [3.63, 3.8) is 0 Å². The van der Waals surface area contributed by atoms with E-state index in [4.69, 9.17) is 5.10 Å². The van der Waals surface area contributed by atoms with E-state index in [0.717, 1.165) is 41.1 Å². The summed E-state index contributed by atoms with van der Waals surface area (Å²) in [6.07, 6.45) is 6.05. The fraction of sp³-hybridized carbons (Fsp3) is 0.333. The molecule has 1 fully saturated rings. The third-order valence-corrected chi connectivity index (χ3v) is 5.09. The first-order valence-electron chi connectivity index (χ1n) is 9.08. The standard InChI is InChI=1S/C21H23N3O/c1-15-12-13-18-19(14-15)22-21(25)24(17-10-6-3-7-11-17)23-20(18)16-8-4-2-5-9-16/h3,6-7,10-14,16H,2,4-5,8-9H2,1H3,(H,22,25). The number of anilines is 2. The summed E-state index contributed by atoms with van der Waals surface area (Å²) in [6, 6.07) is 15.7. The molecule has 0 atom stereocenters. The van der Waals surface area contributed by atoms with E-state index < -0.39 is 0 Å². The van der Waals surface area contributed by atoms with Crippen LogP contribution in [0.5, 0.6) is 0 Å². The minimum atomic E-state index is -0.205. The number of rotatable bonds is 2. The number of carbonyl (C=O) groups excluding carboxylic acids is 1. The lowest BCUT2D eigenvalue weighted by atomic mass is 9.83. The fourth-order valence-corrected chi connectivity index (χ4v) is 3.78. The minimum Gasteiger partial charge on any atom is -0.305 e. The highest BCUT2D eigenvalue weighted by atomic mass is 16.2. The Balaban J connectivity index is 1.83. The zero-order chi connectivity index (χ0) is 17.2. The molecule has 0 spiro atoms. The molecule has 4 nitrogen and oxygen atoms in total. The summed E-state index contributed by atoms with van der Waals surface area (Å²) in [5, 5.41) is 9.43. The highest BCUT2D eigenvalue weighted by Crippen LogP contribution is 2.33.